The number of nitrogens with zero attached hydrogens (tertiary/aromatic N) is 4. The second-order valence-electron chi connectivity index (χ2n) is 8.47. The molecule has 10 nitrogen and oxygen atoms in total. The molecule has 1 amide bonds. The van der Waals surface area contributed by atoms with E-state index in [0.29, 0.717) is 36.7 Å². The Labute approximate surface area is 203 Å². The zero-order valence-electron chi connectivity index (χ0n) is 19.3. The van der Waals surface area contributed by atoms with Crippen LogP contribution in [0.5, 0.6) is 0 Å². The molecular weight excluding hydrogens is 475 g/mol. The standard InChI is InChI=1S/C23H27FN6O4S/c1-2-29-20-5-3-4-6-21(20)35(32,33)27-22(29)26-14-17-15-30(23(31)34-17)16-7-8-19(18(24)13-16)28-11-9-25-10-12-28/h3-8,13,17,25H,2,9-12,14-15H2,1H3,(H,26,27)/t17-/m0/s1. The molecular formula is C23H27FN6O4S. The Morgan fingerprint density at radius 2 is 1.91 bits per heavy atom. The van der Waals surface area contributed by atoms with Crippen molar-refractivity contribution >= 4 is 39.1 Å². The molecule has 35 heavy (non-hydrogen) atoms. The number of fused-ring (bicyclic) bond motifs is 1. The van der Waals surface area contributed by atoms with Crippen molar-refractivity contribution in [2.24, 2.45) is 4.99 Å². The van der Waals surface area contributed by atoms with Gasteiger partial charge in [-0.05, 0) is 37.3 Å². The van der Waals surface area contributed by atoms with Crippen LogP contribution >= 0.6 is 0 Å². The Bertz CT molecular complexity index is 1260. The van der Waals surface area contributed by atoms with E-state index in [9.17, 15) is 17.6 Å². The minimum atomic E-state index is -3.75. The summed E-state index contributed by atoms with van der Waals surface area (Å²) in [6, 6.07) is 11.4. The van der Waals surface area contributed by atoms with Gasteiger partial charge in [0.25, 0.3) is 10.0 Å². The van der Waals surface area contributed by atoms with Gasteiger partial charge in [0.15, 0.2) is 0 Å². The summed E-state index contributed by atoms with van der Waals surface area (Å²) in [5.41, 5.74) is 1.46. The Hall–Kier alpha value is -3.38. The number of carbonyl (C=O) groups is 1. The molecule has 12 heteroatoms. The molecule has 186 valence electrons. The van der Waals surface area contributed by atoms with Crippen molar-refractivity contribution in [1.29, 1.82) is 0 Å². The van der Waals surface area contributed by atoms with Crippen molar-refractivity contribution < 1.29 is 22.3 Å². The number of rotatable bonds is 5. The predicted molar refractivity (Wildman–Crippen MR) is 131 cm³/mol. The topological polar surface area (TPSA) is 107 Å². The minimum Gasteiger partial charge on any atom is -0.442 e. The Morgan fingerprint density at radius 3 is 2.66 bits per heavy atom. The number of hydrogen-bond acceptors (Lipinski definition) is 7. The Morgan fingerprint density at radius 1 is 1.14 bits per heavy atom. The molecule has 0 bridgehead atoms. The van der Waals surface area contributed by atoms with E-state index in [-0.39, 0.29) is 23.9 Å². The number of cyclic esters (lactones) is 1. The van der Waals surface area contributed by atoms with Crippen molar-refractivity contribution in [3.63, 3.8) is 0 Å². The summed E-state index contributed by atoms with van der Waals surface area (Å²) in [5, 5.41) is 3.24. The van der Waals surface area contributed by atoms with Gasteiger partial charge in [-0.1, -0.05) is 12.1 Å². The van der Waals surface area contributed by atoms with E-state index in [1.807, 2.05) is 11.8 Å². The lowest BCUT2D eigenvalue weighted by Gasteiger charge is -2.31. The molecule has 3 aliphatic rings. The van der Waals surface area contributed by atoms with Gasteiger partial charge in [-0.15, -0.1) is 0 Å². The number of guanidine groups is 1. The van der Waals surface area contributed by atoms with E-state index >= 15 is 0 Å². The number of piperazine rings is 1. The summed E-state index contributed by atoms with van der Waals surface area (Å²) in [6.07, 6.45) is -1.20. The third kappa shape index (κ3) is 4.50. The summed E-state index contributed by atoms with van der Waals surface area (Å²) >= 11 is 0. The zero-order valence-corrected chi connectivity index (χ0v) is 20.1. The summed E-state index contributed by atoms with van der Waals surface area (Å²) < 4.78 is 48.1. The molecule has 2 fully saturated rings. The number of halogens is 1. The lowest BCUT2D eigenvalue weighted by Crippen LogP contribution is -2.49. The van der Waals surface area contributed by atoms with Crippen LogP contribution in [0.25, 0.3) is 0 Å². The van der Waals surface area contributed by atoms with Gasteiger partial charge < -0.3 is 19.9 Å². The number of benzene rings is 2. The molecule has 0 aliphatic carbocycles. The largest absolute Gasteiger partial charge is 0.442 e. The van der Waals surface area contributed by atoms with E-state index < -0.39 is 28.0 Å². The van der Waals surface area contributed by atoms with Crippen LogP contribution < -0.4 is 24.7 Å². The van der Waals surface area contributed by atoms with Crippen LogP contribution in [0.1, 0.15) is 6.92 Å². The van der Waals surface area contributed by atoms with Gasteiger partial charge in [-0.2, -0.15) is 0 Å². The average Bonchev–Trinajstić information content (AvgIpc) is 3.23. The third-order valence-electron chi connectivity index (χ3n) is 6.26. The lowest BCUT2D eigenvalue weighted by molar-refractivity contribution is 0.145. The first-order valence-electron chi connectivity index (χ1n) is 11.5. The van der Waals surface area contributed by atoms with Crippen molar-refractivity contribution in [3.8, 4) is 0 Å². The third-order valence-corrected chi connectivity index (χ3v) is 7.64. The van der Waals surface area contributed by atoms with E-state index in [1.54, 1.807) is 41.3 Å². The highest BCUT2D eigenvalue weighted by atomic mass is 32.2. The van der Waals surface area contributed by atoms with Crippen LogP contribution in [0.3, 0.4) is 0 Å². The number of ether oxygens (including phenoxy) is 1. The maximum atomic E-state index is 14.8. The predicted octanol–water partition coefficient (Wildman–Crippen LogP) is 1.73. The van der Waals surface area contributed by atoms with Gasteiger partial charge in [-0.25, -0.2) is 27.3 Å². The van der Waals surface area contributed by atoms with Crippen LogP contribution in [0.2, 0.25) is 0 Å². The number of para-hydroxylation sites is 1. The van der Waals surface area contributed by atoms with Gasteiger partial charge in [0.2, 0.25) is 5.96 Å². The Kier molecular flexibility index (Phi) is 6.24. The van der Waals surface area contributed by atoms with Crippen molar-refractivity contribution in [3.05, 3.63) is 48.3 Å². The molecule has 2 aromatic rings. The van der Waals surface area contributed by atoms with Crippen LogP contribution in [-0.4, -0.2) is 72.4 Å². The molecule has 0 spiro atoms. The van der Waals surface area contributed by atoms with E-state index in [1.165, 1.54) is 11.0 Å². The second kappa shape index (κ2) is 9.34. The first-order valence-corrected chi connectivity index (χ1v) is 13.0. The minimum absolute atomic E-state index is 0.0557. The van der Waals surface area contributed by atoms with E-state index in [4.69, 9.17) is 4.74 Å². The van der Waals surface area contributed by atoms with Crippen LogP contribution in [0.15, 0.2) is 52.4 Å². The molecule has 2 N–H and O–H groups in total. The van der Waals surface area contributed by atoms with Crippen molar-refractivity contribution in [2.45, 2.75) is 17.9 Å². The molecule has 0 radical (unpaired) electrons. The fraction of sp³-hybridized carbons (Fsp3) is 0.391. The fourth-order valence-corrected chi connectivity index (χ4v) is 5.77. The van der Waals surface area contributed by atoms with Gasteiger partial charge >= 0.3 is 6.09 Å². The maximum Gasteiger partial charge on any atom is 0.414 e. The van der Waals surface area contributed by atoms with Crippen molar-refractivity contribution in [1.82, 2.24) is 10.0 Å². The molecule has 0 aromatic heterocycles. The zero-order chi connectivity index (χ0) is 24.6. The second-order valence-corrected chi connectivity index (χ2v) is 10.1. The molecule has 1 atom stereocenters. The number of nitrogens with one attached hydrogen (secondary N) is 2. The SMILES string of the molecule is CCN1C(=NC[C@H]2CN(c3ccc(N4CCNCC4)c(F)c3)C(=O)O2)NS(=O)(=O)c2ccccc21. The number of sulfonamides is 1. The molecule has 3 heterocycles. The summed E-state index contributed by atoms with van der Waals surface area (Å²) in [4.78, 5) is 22.2. The highest BCUT2D eigenvalue weighted by Gasteiger charge is 2.35. The molecule has 0 unspecified atom stereocenters. The average molecular weight is 503 g/mol. The number of anilines is 3. The fourth-order valence-electron chi connectivity index (χ4n) is 4.53. The van der Waals surface area contributed by atoms with Gasteiger partial charge in [-0.3, -0.25) is 4.90 Å². The number of carbonyl (C=O) groups excluding carboxylic acids is 1. The summed E-state index contributed by atoms with van der Waals surface area (Å²) in [5.74, 6) is -0.220. The number of hydrogen-bond donors (Lipinski definition) is 2. The highest BCUT2D eigenvalue weighted by molar-refractivity contribution is 7.90. The molecule has 3 aliphatic heterocycles. The number of amides is 1. The van der Waals surface area contributed by atoms with E-state index in [0.717, 1.165) is 13.1 Å². The number of aliphatic imine (C=N–C) groups is 1. The molecule has 0 saturated carbocycles. The lowest BCUT2D eigenvalue weighted by atomic mass is 10.2. The highest BCUT2D eigenvalue weighted by Crippen LogP contribution is 2.30. The summed E-state index contributed by atoms with van der Waals surface area (Å²) in [7, 11) is -3.75. The maximum absolute atomic E-state index is 14.8. The van der Waals surface area contributed by atoms with Crippen LogP contribution in [0.4, 0.5) is 26.2 Å². The van der Waals surface area contributed by atoms with Gasteiger partial charge in [0.05, 0.1) is 30.2 Å². The van der Waals surface area contributed by atoms with E-state index in [2.05, 4.69) is 15.0 Å². The summed E-state index contributed by atoms with van der Waals surface area (Å²) in [6.45, 7) is 5.63. The molecule has 5 rings (SSSR count). The molecule has 2 saturated heterocycles. The monoisotopic (exact) mass is 502 g/mol. The van der Waals surface area contributed by atoms with Crippen LogP contribution in [0, 0.1) is 5.82 Å². The quantitative estimate of drug-likeness (QED) is 0.642. The normalized spacial score (nSPS) is 22.7. The van der Waals surface area contributed by atoms with Crippen molar-refractivity contribution in [2.75, 3.05) is 60.5 Å². The first-order chi connectivity index (χ1) is 16.9. The first kappa shape index (κ1) is 23.4. The smallest absolute Gasteiger partial charge is 0.414 e. The Balaban J connectivity index is 1.30. The van der Waals surface area contributed by atoms with Crippen LogP contribution in [-0.2, 0) is 14.8 Å². The molecule has 2 aromatic carbocycles. The van der Waals surface area contributed by atoms with Gasteiger partial charge in [0.1, 0.15) is 16.8 Å². The van der Waals surface area contributed by atoms with Gasteiger partial charge in [0, 0.05) is 32.7 Å².